The van der Waals surface area contributed by atoms with Crippen LogP contribution in [0.1, 0.15) is 23.7 Å². The zero-order valence-corrected chi connectivity index (χ0v) is 10.8. The lowest BCUT2D eigenvalue weighted by Gasteiger charge is -2.43. The Morgan fingerprint density at radius 1 is 1.20 bits per heavy atom. The van der Waals surface area contributed by atoms with Gasteiger partial charge in [-0.15, -0.1) is 0 Å². The lowest BCUT2D eigenvalue weighted by molar-refractivity contribution is -0.166. The van der Waals surface area contributed by atoms with Gasteiger partial charge in [-0.1, -0.05) is 30.3 Å². The minimum Gasteiger partial charge on any atom is -0.481 e. The lowest BCUT2D eigenvalue weighted by atomic mass is 9.80. The van der Waals surface area contributed by atoms with Gasteiger partial charge in [-0.25, -0.2) is 0 Å². The number of Topliss-reactive ketones (excluding diaryl/α,β-unsaturated/α-hetero) is 1. The predicted molar refractivity (Wildman–Crippen MR) is 67.8 cm³/mol. The summed E-state index contributed by atoms with van der Waals surface area (Å²) in [5, 5.41) is 8.79. The molecule has 1 aliphatic heterocycles. The Hall–Kier alpha value is -2.50. The molecule has 2 amide bonds. The SMILES string of the molecule is CC(=O)N1C(=O)[C@H](CC(=O)O)[C@H]1C(=O)c1ccccc1. The van der Waals surface area contributed by atoms with Crippen LogP contribution in [0.3, 0.4) is 0 Å². The largest absolute Gasteiger partial charge is 0.481 e. The number of aliphatic carboxylic acids is 1. The molecule has 1 saturated heterocycles. The van der Waals surface area contributed by atoms with Gasteiger partial charge in [0.2, 0.25) is 11.8 Å². The second-order valence-corrected chi connectivity index (χ2v) is 4.61. The number of nitrogens with zero attached hydrogens (tertiary/aromatic N) is 1. The summed E-state index contributed by atoms with van der Waals surface area (Å²) < 4.78 is 0. The monoisotopic (exact) mass is 275 g/mol. The maximum atomic E-state index is 12.3. The number of hydrogen-bond donors (Lipinski definition) is 1. The van der Waals surface area contributed by atoms with Crippen LogP contribution in [-0.2, 0) is 14.4 Å². The molecule has 6 nitrogen and oxygen atoms in total. The number of rotatable bonds is 4. The van der Waals surface area contributed by atoms with Crippen LogP contribution in [0, 0.1) is 5.92 Å². The van der Waals surface area contributed by atoms with Crippen molar-refractivity contribution < 1.29 is 24.3 Å². The normalized spacial score (nSPS) is 21.2. The van der Waals surface area contributed by atoms with E-state index in [9.17, 15) is 19.2 Å². The quantitative estimate of drug-likeness (QED) is 0.645. The standard InChI is InChI=1S/C14H13NO5/c1-8(16)15-12(10(14(15)20)7-11(17)18)13(19)9-5-3-2-4-6-9/h2-6,10,12H,7H2,1H3,(H,17,18)/t10-,12+/m1/s1. The summed E-state index contributed by atoms with van der Waals surface area (Å²) >= 11 is 0. The highest BCUT2D eigenvalue weighted by atomic mass is 16.4. The van der Waals surface area contributed by atoms with E-state index in [0.29, 0.717) is 5.56 Å². The van der Waals surface area contributed by atoms with Crippen molar-refractivity contribution in [1.29, 1.82) is 0 Å². The molecule has 0 radical (unpaired) electrons. The van der Waals surface area contributed by atoms with Gasteiger partial charge in [0.1, 0.15) is 6.04 Å². The Morgan fingerprint density at radius 3 is 2.30 bits per heavy atom. The number of amides is 2. The van der Waals surface area contributed by atoms with Crippen LogP contribution >= 0.6 is 0 Å². The molecule has 1 fully saturated rings. The third kappa shape index (κ3) is 2.32. The molecule has 20 heavy (non-hydrogen) atoms. The van der Waals surface area contributed by atoms with Gasteiger partial charge in [0.25, 0.3) is 0 Å². The van der Waals surface area contributed by atoms with E-state index in [4.69, 9.17) is 5.11 Å². The van der Waals surface area contributed by atoms with Crippen molar-refractivity contribution in [3.05, 3.63) is 35.9 Å². The summed E-state index contributed by atoms with van der Waals surface area (Å²) in [6.45, 7) is 1.18. The zero-order chi connectivity index (χ0) is 14.9. The number of carboxylic acid groups (broad SMARTS) is 1. The fourth-order valence-electron chi connectivity index (χ4n) is 2.36. The molecule has 2 rings (SSSR count). The van der Waals surface area contributed by atoms with Crippen LogP contribution < -0.4 is 0 Å². The lowest BCUT2D eigenvalue weighted by Crippen LogP contribution is -2.66. The summed E-state index contributed by atoms with van der Waals surface area (Å²) in [5.74, 6) is -3.70. The molecule has 0 spiro atoms. The molecule has 104 valence electrons. The van der Waals surface area contributed by atoms with E-state index >= 15 is 0 Å². The highest BCUT2D eigenvalue weighted by molar-refractivity contribution is 6.14. The number of imide groups is 1. The van der Waals surface area contributed by atoms with Crippen LogP contribution in [-0.4, -0.2) is 39.6 Å². The summed E-state index contributed by atoms with van der Waals surface area (Å²) in [7, 11) is 0. The minimum absolute atomic E-state index is 0.353. The van der Waals surface area contributed by atoms with Gasteiger partial charge in [-0.3, -0.25) is 24.1 Å². The number of ketones is 1. The molecule has 1 heterocycles. The molecule has 1 aromatic rings. The number of hydrogen-bond acceptors (Lipinski definition) is 4. The van der Waals surface area contributed by atoms with Crippen molar-refractivity contribution in [3.8, 4) is 0 Å². The first-order valence-corrected chi connectivity index (χ1v) is 6.08. The van der Waals surface area contributed by atoms with Crippen molar-refractivity contribution in [2.24, 2.45) is 5.92 Å². The smallest absolute Gasteiger partial charge is 0.304 e. The molecule has 1 aromatic carbocycles. The van der Waals surface area contributed by atoms with Crippen molar-refractivity contribution in [2.75, 3.05) is 0 Å². The molecule has 0 bridgehead atoms. The first-order chi connectivity index (χ1) is 9.43. The van der Waals surface area contributed by atoms with Gasteiger partial charge in [-0.2, -0.15) is 0 Å². The van der Waals surface area contributed by atoms with Crippen LogP contribution in [0.4, 0.5) is 0 Å². The van der Waals surface area contributed by atoms with E-state index < -0.39 is 41.9 Å². The molecule has 1 N–H and O–H groups in total. The molecular formula is C14H13NO5. The number of carbonyl (C=O) groups is 4. The molecule has 0 unspecified atom stereocenters. The van der Waals surface area contributed by atoms with Crippen molar-refractivity contribution in [2.45, 2.75) is 19.4 Å². The van der Waals surface area contributed by atoms with E-state index in [0.717, 1.165) is 4.90 Å². The number of likely N-dealkylation sites (tertiary alicyclic amines) is 1. The maximum absolute atomic E-state index is 12.3. The fourth-order valence-corrected chi connectivity index (χ4v) is 2.36. The Bertz CT molecular complexity index is 580. The summed E-state index contributed by atoms with van der Waals surface area (Å²) in [4.78, 5) is 47.1. The minimum atomic E-state index is -1.17. The maximum Gasteiger partial charge on any atom is 0.304 e. The van der Waals surface area contributed by atoms with E-state index in [-0.39, 0.29) is 0 Å². The van der Waals surface area contributed by atoms with Gasteiger partial charge in [-0.05, 0) is 0 Å². The third-order valence-electron chi connectivity index (χ3n) is 3.27. The van der Waals surface area contributed by atoms with Crippen LogP contribution in [0.5, 0.6) is 0 Å². The summed E-state index contributed by atoms with van der Waals surface area (Å²) in [6.07, 6.45) is -0.453. The topological polar surface area (TPSA) is 91.8 Å². The molecule has 0 aromatic heterocycles. The van der Waals surface area contributed by atoms with Crippen molar-refractivity contribution in [3.63, 3.8) is 0 Å². The average Bonchev–Trinajstić information content (AvgIpc) is 2.41. The molecule has 0 saturated carbocycles. The van der Waals surface area contributed by atoms with E-state index in [1.54, 1.807) is 30.3 Å². The van der Waals surface area contributed by atoms with Gasteiger partial charge in [0.05, 0.1) is 12.3 Å². The van der Waals surface area contributed by atoms with Crippen molar-refractivity contribution in [1.82, 2.24) is 4.90 Å². The van der Waals surface area contributed by atoms with E-state index in [1.807, 2.05) is 0 Å². The predicted octanol–water partition coefficient (Wildman–Crippen LogP) is 0.717. The molecule has 0 aliphatic carbocycles. The number of carbonyl (C=O) groups excluding carboxylic acids is 3. The third-order valence-corrected chi connectivity index (χ3v) is 3.27. The second kappa shape index (κ2) is 5.24. The van der Waals surface area contributed by atoms with Crippen LogP contribution in [0.25, 0.3) is 0 Å². The number of carboxylic acids is 1. The van der Waals surface area contributed by atoms with Gasteiger partial charge < -0.3 is 5.11 Å². The number of β-lactam (4-membered cyclic amide) rings is 1. The van der Waals surface area contributed by atoms with Crippen LogP contribution in [0.2, 0.25) is 0 Å². The summed E-state index contributed by atoms with van der Waals surface area (Å²) in [5.41, 5.74) is 0.353. The Balaban J connectivity index is 2.29. The van der Waals surface area contributed by atoms with E-state index in [2.05, 4.69) is 0 Å². The Kier molecular flexibility index (Phi) is 3.65. The first-order valence-electron chi connectivity index (χ1n) is 6.08. The van der Waals surface area contributed by atoms with Crippen LogP contribution in [0.15, 0.2) is 30.3 Å². The van der Waals surface area contributed by atoms with Gasteiger partial charge in [0, 0.05) is 12.5 Å². The number of benzene rings is 1. The highest BCUT2D eigenvalue weighted by Gasteiger charge is 2.53. The fraction of sp³-hybridized carbons (Fsp3) is 0.286. The van der Waals surface area contributed by atoms with E-state index in [1.165, 1.54) is 6.92 Å². The second-order valence-electron chi connectivity index (χ2n) is 4.61. The van der Waals surface area contributed by atoms with Crippen molar-refractivity contribution >= 4 is 23.6 Å². The molecule has 1 aliphatic rings. The van der Waals surface area contributed by atoms with Gasteiger partial charge >= 0.3 is 5.97 Å². The molecular weight excluding hydrogens is 262 g/mol. The Morgan fingerprint density at radius 2 is 1.80 bits per heavy atom. The molecule has 6 heteroatoms. The zero-order valence-electron chi connectivity index (χ0n) is 10.8. The summed E-state index contributed by atoms with van der Waals surface area (Å²) in [6, 6.07) is 7.19. The first kappa shape index (κ1) is 13.9. The average molecular weight is 275 g/mol. The molecule has 2 atom stereocenters. The van der Waals surface area contributed by atoms with Gasteiger partial charge in [0.15, 0.2) is 5.78 Å². The Labute approximate surface area is 115 Å². The highest BCUT2D eigenvalue weighted by Crippen LogP contribution is 2.32.